The first-order valence-electron chi connectivity index (χ1n) is 9.16. The molecule has 2 atom stereocenters. The normalized spacial score (nSPS) is 17.6. The second kappa shape index (κ2) is 9.05. The smallest absolute Gasteiger partial charge is 0.305 e. The first kappa shape index (κ1) is 20.1. The molecule has 0 bridgehead atoms. The van der Waals surface area contributed by atoms with Crippen LogP contribution in [0, 0.1) is 5.92 Å². The van der Waals surface area contributed by atoms with Gasteiger partial charge in [-0.15, -0.1) is 0 Å². The maximum absolute atomic E-state index is 12.7. The van der Waals surface area contributed by atoms with Gasteiger partial charge in [0.2, 0.25) is 11.8 Å². The van der Waals surface area contributed by atoms with E-state index >= 15 is 0 Å². The minimum atomic E-state index is -1.04. The van der Waals surface area contributed by atoms with E-state index in [2.05, 4.69) is 10.4 Å². The number of nitrogens with two attached hydrogens (primary N) is 1. The molecule has 1 saturated heterocycles. The zero-order valence-corrected chi connectivity index (χ0v) is 15.7. The van der Waals surface area contributed by atoms with Crippen LogP contribution in [0.5, 0.6) is 0 Å². The second-order valence-corrected chi connectivity index (χ2v) is 6.82. The van der Waals surface area contributed by atoms with Crippen molar-refractivity contribution in [3.05, 3.63) is 54.0 Å². The molecule has 1 aromatic heterocycles. The summed E-state index contributed by atoms with van der Waals surface area (Å²) in [7, 11) is 0. The Morgan fingerprint density at radius 3 is 2.72 bits per heavy atom. The fourth-order valence-electron chi connectivity index (χ4n) is 3.39. The number of hydrogen-bond donors (Lipinski definition) is 3. The summed E-state index contributed by atoms with van der Waals surface area (Å²) < 4.78 is 4.98. The molecule has 9 nitrogen and oxygen atoms in total. The number of rotatable bonds is 8. The van der Waals surface area contributed by atoms with Crippen LogP contribution in [0.2, 0.25) is 0 Å². The largest absolute Gasteiger partial charge is 0.481 e. The molecule has 1 aromatic carbocycles. The third-order valence-electron chi connectivity index (χ3n) is 4.84. The highest BCUT2D eigenvalue weighted by atomic mass is 16.4. The van der Waals surface area contributed by atoms with Crippen molar-refractivity contribution in [3.8, 4) is 0 Å². The summed E-state index contributed by atoms with van der Waals surface area (Å²) in [5.41, 5.74) is 2.14. The number of carbonyl (C=O) groups is 3. The number of hydrogen-bond acceptors (Lipinski definition) is 6. The summed E-state index contributed by atoms with van der Waals surface area (Å²) >= 11 is 0. The van der Waals surface area contributed by atoms with E-state index in [1.165, 1.54) is 18.7 Å². The van der Waals surface area contributed by atoms with Gasteiger partial charge in [-0.2, -0.15) is 5.10 Å². The summed E-state index contributed by atoms with van der Waals surface area (Å²) in [6.07, 6.45) is 4.61. The van der Waals surface area contributed by atoms with Crippen LogP contribution in [0.1, 0.15) is 36.4 Å². The van der Waals surface area contributed by atoms with Crippen molar-refractivity contribution in [1.29, 1.82) is 0 Å². The molecule has 29 heavy (non-hydrogen) atoms. The fourth-order valence-corrected chi connectivity index (χ4v) is 3.39. The van der Waals surface area contributed by atoms with Gasteiger partial charge in [-0.3, -0.25) is 14.4 Å². The summed E-state index contributed by atoms with van der Waals surface area (Å²) in [5.74, 6) is 3.15. The number of carboxylic acids is 1. The van der Waals surface area contributed by atoms with Crippen LogP contribution in [-0.4, -0.2) is 35.6 Å². The van der Waals surface area contributed by atoms with Crippen molar-refractivity contribution in [2.75, 3.05) is 11.4 Å². The van der Waals surface area contributed by atoms with E-state index in [4.69, 9.17) is 15.4 Å². The Morgan fingerprint density at radius 1 is 1.34 bits per heavy atom. The van der Waals surface area contributed by atoms with Gasteiger partial charge in [0.15, 0.2) is 0 Å². The number of nitrogens with zero attached hydrogens (tertiary/aromatic N) is 2. The van der Waals surface area contributed by atoms with Gasteiger partial charge in [-0.05, 0) is 30.2 Å². The maximum Gasteiger partial charge on any atom is 0.305 e. The fraction of sp³-hybridized carbons (Fsp3) is 0.300. The summed E-state index contributed by atoms with van der Waals surface area (Å²) in [4.78, 5) is 37.9. The molecule has 1 aliphatic heterocycles. The average molecular weight is 398 g/mol. The number of carboxylic acid groups (broad SMARTS) is 1. The van der Waals surface area contributed by atoms with Crippen LogP contribution in [0.4, 0.5) is 5.69 Å². The van der Waals surface area contributed by atoms with Crippen molar-refractivity contribution in [1.82, 2.24) is 5.32 Å². The Balaban J connectivity index is 1.60. The third kappa shape index (κ3) is 5.01. The molecule has 2 aromatic rings. The molecule has 3 rings (SSSR count). The minimum absolute atomic E-state index is 0.00121. The Bertz CT molecular complexity index is 892. The van der Waals surface area contributed by atoms with E-state index in [9.17, 15) is 14.4 Å². The number of aliphatic carboxylic acids is 1. The van der Waals surface area contributed by atoms with Gasteiger partial charge in [0.1, 0.15) is 0 Å². The van der Waals surface area contributed by atoms with Crippen LogP contribution >= 0.6 is 0 Å². The molecule has 0 saturated carbocycles. The molecule has 1 fully saturated rings. The number of anilines is 1. The Kier molecular flexibility index (Phi) is 6.28. The van der Waals surface area contributed by atoms with E-state index in [1.54, 1.807) is 35.2 Å². The van der Waals surface area contributed by atoms with Crippen LogP contribution in [0.3, 0.4) is 0 Å². The molecular formula is C20H22N4O5. The van der Waals surface area contributed by atoms with Crippen molar-refractivity contribution < 1.29 is 23.9 Å². The Hall–Kier alpha value is -3.62. The van der Waals surface area contributed by atoms with Gasteiger partial charge >= 0.3 is 5.97 Å². The van der Waals surface area contributed by atoms with Crippen LogP contribution in [0.15, 0.2) is 52.4 Å². The number of nitrogens with one attached hydrogen (secondary N) is 1. The van der Waals surface area contributed by atoms with Crippen molar-refractivity contribution >= 4 is 29.7 Å². The van der Waals surface area contributed by atoms with E-state index in [0.29, 0.717) is 18.5 Å². The summed E-state index contributed by atoms with van der Waals surface area (Å²) in [6, 6.07) is 8.12. The van der Waals surface area contributed by atoms with Gasteiger partial charge < -0.3 is 25.6 Å². The SMILES string of the molecule is NN=Cc1ccc(N2CCC(CC(=O)N[C@@H](CC(=O)O)c3ccoc3)C2=O)cc1. The maximum atomic E-state index is 12.7. The zero-order valence-electron chi connectivity index (χ0n) is 15.7. The minimum Gasteiger partial charge on any atom is -0.481 e. The Labute approximate surface area is 167 Å². The molecular weight excluding hydrogens is 376 g/mol. The van der Waals surface area contributed by atoms with Crippen molar-refractivity contribution in [3.63, 3.8) is 0 Å². The molecule has 0 aliphatic carbocycles. The molecule has 4 N–H and O–H groups in total. The number of carbonyl (C=O) groups excluding carboxylic acids is 2. The zero-order chi connectivity index (χ0) is 20.8. The molecule has 2 amide bonds. The highest BCUT2D eigenvalue weighted by Gasteiger charge is 2.34. The van der Waals surface area contributed by atoms with Gasteiger partial charge in [-0.25, -0.2) is 0 Å². The molecule has 152 valence electrons. The lowest BCUT2D eigenvalue weighted by Gasteiger charge is -2.18. The van der Waals surface area contributed by atoms with Crippen LogP contribution in [-0.2, 0) is 14.4 Å². The lowest BCUT2D eigenvalue weighted by molar-refractivity contribution is -0.138. The standard InChI is InChI=1S/C20H22N4O5/c21-22-11-13-1-3-16(4-2-13)24-7-5-14(20(24)28)9-18(25)23-17(10-19(26)27)15-6-8-29-12-15/h1-4,6,8,11-12,14,17H,5,7,9-10,21H2,(H,23,25)(H,26,27)/t14?,17-/m0/s1. The van der Waals surface area contributed by atoms with Gasteiger partial charge in [0.25, 0.3) is 0 Å². The lowest BCUT2D eigenvalue weighted by atomic mass is 10.0. The predicted octanol–water partition coefficient (Wildman–Crippen LogP) is 1.65. The number of furan rings is 1. The van der Waals surface area contributed by atoms with Crippen molar-refractivity contribution in [2.45, 2.75) is 25.3 Å². The van der Waals surface area contributed by atoms with Gasteiger partial charge in [0, 0.05) is 30.1 Å². The Morgan fingerprint density at radius 2 is 2.10 bits per heavy atom. The monoisotopic (exact) mass is 398 g/mol. The molecule has 1 aliphatic rings. The van der Waals surface area contributed by atoms with Crippen LogP contribution < -0.4 is 16.1 Å². The number of amides is 2. The number of hydrazone groups is 1. The van der Waals surface area contributed by atoms with Gasteiger partial charge in [0.05, 0.1) is 31.2 Å². The van der Waals surface area contributed by atoms with Crippen molar-refractivity contribution in [2.24, 2.45) is 16.9 Å². The van der Waals surface area contributed by atoms with Gasteiger partial charge in [-0.1, -0.05) is 12.1 Å². The summed E-state index contributed by atoms with van der Waals surface area (Å²) in [5, 5.41) is 15.2. The highest BCUT2D eigenvalue weighted by molar-refractivity contribution is 5.99. The molecule has 2 heterocycles. The van der Waals surface area contributed by atoms with E-state index in [-0.39, 0.29) is 24.7 Å². The first-order chi connectivity index (χ1) is 14.0. The molecule has 9 heteroatoms. The van der Waals surface area contributed by atoms with Crippen LogP contribution in [0.25, 0.3) is 0 Å². The second-order valence-electron chi connectivity index (χ2n) is 6.82. The number of benzene rings is 1. The van der Waals surface area contributed by atoms with E-state index in [0.717, 1.165) is 11.3 Å². The molecule has 0 radical (unpaired) electrons. The average Bonchev–Trinajstić information content (AvgIpc) is 3.33. The highest BCUT2D eigenvalue weighted by Crippen LogP contribution is 2.28. The third-order valence-corrected chi connectivity index (χ3v) is 4.84. The quantitative estimate of drug-likeness (QED) is 0.351. The molecule has 1 unspecified atom stereocenters. The lowest BCUT2D eigenvalue weighted by Crippen LogP contribution is -2.33. The summed E-state index contributed by atoms with van der Waals surface area (Å²) in [6.45, 7) is 0.515. The van der Waals surface area contributed by atoms with E-state index in [1.807, 2.05) is 0 Å². The van der Waals surface area contributed by atoms with E-state index < -0.39 is 17.9 Å². The predicted molar refractivity (Wildman–Crippen MR) is 105 cm³/mol. The molecule has 0 spiro atoms. The topological polar surface area (TPSA) is 138 Å². The first-order valence-corrected chi connectivity index (χ1v) is 9.16.